The minimum atomic E-state index is -1.03. The third kappa shape index (κ3) is 2.27. The lowest BCUT2D eigenvalue weighted by Gasteiger charge is -2.49. The van der Waals surface area contributed by atoms with E-state index in [-0.39, 0.29) is 24.9 Å². The molecule has 0 bridgehead atoms. The normalized spacial score (nSPS) is 22.9. The summed E-state index contributed by atoms with van der Waals surface area (Å²) in [6.45, 7) is 2.65. The highest BCUT2D eigenvalue weighted by Crippen LogP contribution is 2.41. The van der Waals surface area contributed by atoms with Gasteiger partial charge in [-0.3, -0.25) is 9.59 Å². The predicted molar refractivity (Wildman–Crippen MR) is 95.5 cm³/mol. The number of H-pyrrole nitrogens is 1. The standard InChI is InChI=1S/C19H23N3O4/c1-19-17-13(12-6-4-5-7-14(12)20-17)8-9-22(19)15(23)10-21(18(19)24)11-16(25-2)26-3/h4-7,16,20H,8-11H2,1-3H3. The highest BCUT2D eigenvalue weighted by molar-refractivity contribution is 6.00. The second kappa shape index (κ2) is 6.10. The van der Waals surface area contributed by atoms with Crippen LogP contribution in [0.3, 0.4) is 0 Å². The van der Waals surface area contributed by atoms with Crippen LogP contribution in [0.15, 0.2) is 24.3 Å². The van der Waals surface area contributed by atoms with Gasteiger partial charge in [0.05, 0.1) is 12.2 Å². The zero-order valence-electron chi connectivity index (χ0n) is 15.2. The van der Waals surface area contributed by atoms with Crippen LogP contribution in [-0.2, 0) is 31.0 Å². The van der Waals surface area contributed by atoms with E-state index in [0.717, 1.165) is 28.6 Å². The molecule has 1 aromatic carbocycles. The van der Waals surface area contributed by atoms with E-state index >= 15 is 0 Å². The Bertz CT molecular complexity index is 873. The van der Waals surface area contributed by atoms with Crippen molar-refractivity contribution < 1.29 is 19.1 Å². The number of carbonyl (C=O) groups excluding carboxylic acids is 2. The number of aromatic amines is 1. The van der Waals surface area contributed by atoms with E-state index in [1.807, 2.05) is 25.1 Å². The second-order valence-corrected chi connectivity index (χ2v) is 6.98. The van der Waals surface area contributed by atoms with Crippen LogP contribution >= 0.6 is 0 Å². The zero-order chi connectivity index (χ0) is 18.5. The van der Waals surface area contributed by atoms with Gasteiger partial charge in [0, 0.05) is 31.7 Å². The molecular formula is C19H23N3O4. The van der Waals surface area contributed by atoms with Gasteiger partial charge in [-0.25, -0.2) is 0 Å². The van der Waals surface area contributed by atoms with Crippen molar-refractivity contribution in [3.8, 4) is 0 Å². The summed E-state index contributed by atoms with van der Waals surface area (Å²) in [7, 11) is 3.05. The molecule has 1 fully saturated rings. The lowest BCUT2D eigenvalue weighted by molar-refractivity contribution is -0.174. The molecule has 3 heterocycles. The van der Waals surface area contributed by atoms with Gasteiger partial charge in [-0.05, 0) is 25.0 Å². The van der Waals surface area contributed by atoms with Gasteiger partial charge in [0.25, 0.3) is 5.91 Å². The fraction of sp³-hybridized carbons (Fsp3) is 0.474. The Morgan fingerprint density at radius 3 is 2.69 bits per heavy atom. The Morgan fingerprint density at radius 1 is 1.23 bits per heavy atom. The van der Waals surface area contributed by atoms with E-state index in [1.165, 1.54) is 19.1 Å². The number of benzene rings is 1. The number of hydrogen-bond acceptors (Lipinski definition) is 4. The van der Waals surface area contributed by atoms with Crippen LogP contribution in [0.2, 0.25) is 0 Å². The van der Waals surface area contributed by atoms with E-state index in [4.69, 9.17) is 9.47 Å². The van der Waals surface area contributed by atoms with E-state index in [0.29, 0.717) is 6.54 Å². The van der Waals surface area contributed by atoms with E-state index < -0.39 is 11.8 Å². The maximum absolute atomic E-state index is 13.4. The smallest absolute Gasteiger partial charge is 0.255 e. The average molecular weight is 357 g/mol. The summed E-state index contributed by atoms with van der Waals surface area (Å²) in [4.78, 5) is 32.9. The molecule has 7 heteroatoms. The summed E-state index contributed by atoms with van der Waals surface area (Å²) < 4.78 is 10.4. The molecule has 138 valence electrons. The van der Waals surface area contributed by atoms with Crippen LogP contribution in [0.5, 0.6) is 0 Å². The molecule has 1 aromatic heterocycles. The fourth-order valence-corrected chi connectivity index (χ4v) is 4.25. The monoisotopic (exact) mass is 357 g/mol. The van der Waals surface area contributed by atoms with Crippen LogP contribution in [0.4, 0.5) is 0 Å². The molecule has 0 saturated carbocycles. The van der Waals surface area contributed by atoms with E-state index in [9.17, 15) is 9.59 Å². The van der Waals surface area contributed by atoms with E-state index in [2.05, 4.69) is 11.1 Å². The maximum atomic E-state index is 13.4. The second-order valence-electron chi connectivity index (χ2n) is 6.98. The van der Waals surface area contributed by atoms with Crippen molar-refractivity contribution >= 4 is 22.7 Å². The molecule has 4 rings (SSSR count). The molecule has 2 aliphatic heterocycles. The van der Waals surface area contributed by atoms with Crippen molar-refractivity contribution in [1.82, 2.24) is 14.8 Å². The van der Waals surface area contributed by atoms with Crippen molar-refractivity contribution in [2.45, 2.75) is 25.2 Å². The Kier molecular flexibility index (Phi) is 4.00. The number of piperazine rings is 1. The number of methoxy groups -OCH3 is 2. The van der Waals surface area contributed by atoms with Crippen molar-refractivity contribution in [1.29, 1.82) is 0 Å². The number of fused-ring (bicyclic) bond motifs is 5. The third-order valence-corrected chi connectivity index (χ3v) is 5.65. The number of carbonyl (C=O) groups is 2. The number of para-hydroxylation sites is 1. The van der Waals surface area contributed by atoms with Gasteiger partial charge >= 0.3 is 0 Å². The predicted octanol–water partition coefficient (Wildman–Crippen LogP) is 1.23. The molecule has 1 saturated heterocycles. The number of nitrogens with one attached hydrogen (secondary N) is 1. The zero-order valence-corrected chi connectivity index (χ0v) is 15.2. The molecule has 2 aliphatic rings. The van der Waals surface area contributed by atoms with Gasteiger partial charge < -0.3 is 24.3 Å². The molecule has 0 radical (unpaired) electrons. The Hall–Kier alpha value is -2.38. The summed E-state index contributed by atoms with van der Waals surface area (Å²) in [6.07, 6.45) is 0.180. The maximum Gasteiger partial charge on any atom is 0.255 e. The first-order valence-corrected chi connectivity index (χ1v) is 8.76. The third-order valence-electron chi connectivity index (χ3n) is 5.65. The van der Waals surface area contributed by atoms with Crippen molar-refractivity contribution in [2.24, 2.45) is 0 Å². The molecule has 1 atom stereocenters. The molecule has 2 aromatic rings. The highest BCUT2D eigenvalue weighted by Gasteiger charge is 2.54. The van der Waals surface area contributed by atoms with Crippen molar-refractivity contribution in [3.05, 3.63) is 35.5 Å². The van der Waals surface area contributed by atoms with Crippen LogP contribution in [0, 0.1) is 0 Å². The van der Waals surface area contributed by atoms with Crippen LogP contribution in [-0.4, -0.2) is 66.7 Å². The highest BCUT2D eigenvalue weighted by atomic mass is 16.7. The van der Waals surface area contributed by atoms with Gasteiger partial charge in [-0.2, -0.15) is 0 Å². The average Bonchev–Trinajstić information content (AvgIpc) is 3.04. The number of rotatable bonds is 4. The van der Waals surface area contributed by atoms with Gasteiger partial charge in [-0.1, -0.05) is 18.2 Å². The molecule has 2 amide bonds. The fourth-order valence-electron chi connectivity index (χ4n) is 4.25. The van der Waals surface area contributed by atoms with Crippen LogP contribution < -0.4 is 0 Å². The summed E-state index contributed by atoms with van der Waals surface area (Å²) in [6, 6.07) is 8.02. The Balaban J connectivity index is 1.80. The Labute approximate surface area is 151 Å². The number of nitrogens with zero attached hydrogens (tertiary/aromatic N) is 2. The van der Waals surface area contributed by atoms with Gasteiger partial charge in [0.1, 0.15) is 6.54 Å². The largest absolute Gasteiger partial charge is 0.356 e. The number of hydrogen-bond donors (Lipinski definition) is 1. The van der Waals surface area contributed by atoms with Gasteiger partial charge in [0.15, 0.2) is 11.8 Å². The van der Waals surface area contributed by atoms with Gasteiger partial charge in [-0.15, -0.1) is 0 Å². The van der Waals surface area contributed by atoms with Crippen LogP contribution in [0.1, 0.15) is 18.2 Å². The molecular weight excluding hydrogens is 334 g/mol. The van der Waals surface area contributed by atoms with Gasteiger partial charge in [0.2, 0.25) is 5.91 Å². The lowest BCUT2D eigenvalue weighted by Crippen LogP contribution is -2.67. The number of amides is 2. The van der Waals surface area contributed by atoms with Crippen molar-refractivity contribution in [2.75, 3.05) is 33.9 Å². The lowest BCUT2D eigenvalue weighted by atomic mass is 9.83. The minimum absolute atomic E-state index is 0.0488. The quantitative estimate of drug-likeness (QED) is 0.835. The number of aromatic nitrogens is 1. The molecule has 7 nitrogen and oxygen atoms in total. The molecule has 0 aliphatic carbocycles. The number of ether oxygens (including phenoxy) is 2. The molecule has 1 unspecified atom stereocenters. The summed E-state index contributed by atoms with van der Waals surface area (Å²) in [5.74, 6) is -0.161. The first kappa shape index (κ1) is 17.1. The summed E-state index contributed by atoms with van der Waals surface area (Å²) in [5, 5.41) is 1.12. The Morgan fingerprint density at radius 2 is 1.96 bits per heavy atom. The first-order valence-electron chi connectivity index (χ1n) is 8.76. The topological polar surface area (TPSA) is 74.9 Å². The first-order chi connectivity index (χ1) is 12.5. The van der Waals surface area contributed by atoms with Crippen LogP contribution in [0.25, 0.3) is 10.9 Å². The molecule has 1 N–H and O–H groups in total. The summed E-state index contributed by atoms with van der Waals surface area (Å²) in [5.41, 5.74) is 1.90. The SMILES string of the molecule is COC(CN1CC(=O)N2CCc3c([nH]c4ccccc34)C2(C)C1=O)OC. The summed E-state index contributed by atoms with van der Waals surface area (Å²) >= 11 is 0. The molecule has 26 heavy (non-hydrogen) atoms. The van der Waals surface area contributed by atoms with E-state index in [1.54, 1.807) is 4.90 Å². The minimum Gasteiger partial charge on any atom is -0.356 e. The molecule has 0 spiro atoms. The van der Waals surface area contributed by atoms with Crippen molar-refractivity contribution in [3.63, 3.8) is 0 Å².